The van der Waals surface area contributed by atoms with Gasteiger partial charge in [-0.2, -0.15) is 0 Å². The number of hydrogen-bond donors (Lipinski definition) is 0. The number of rotatable bonds is 4. The van der Waals surface area contributed by atoms with Gasteiger partial charge in [0.05, 0.1) is 0 Å². The van der Waals surface area contributed by atoms with Crippen LogP contribution in [0.5, 0.6) is 0 Å². The Morgan fingerprint density at radius 1 is 0.391 bits per heavy atom. The van der Waals surface area contributed by atoms with Crippen LogP contribution in [0.4, 0.5) is 34.1 Å². The molecule has 9 aromatic rings. The first-order valence-electron chi connectivity index (χ1n) is 22.9. The molecular formula is C60H55BN2S. The Balaban J connectivity index is 1.16. The van der Waals surface area contributed by atoms with Crippen molar-refractivity contribution in [2.45, 2.75) is 78.6 Å². The minimum absolute atomic E-state index is 0.0188. The molecule has 0 N–H and O–H groups in total. The molecule has 0 bridgehead atoms. The van der Waals surface area contributed by atoms with Crippen molar-refractivity contribution in [1.29, 1.82) is 0 Å². The van der Waals surface area contributed by atoms with E-state index in [2.05, 4.69) is 242 Å². The van der Waals surface area contributed by atoms with Crippen molar-refractivity contribution in [3.63, 3.8) is 0 Å². The number of thiophene rings is 1. The van der Waals surface area contributed by atoms with E-state index in [-0.39, 0.29) is 23.0 Å². The predicted octanol–water partition coefficient (Wildman–Crippen LogP) is 15.4. The van der Waals surface area contributed by atoms with Crippen LogP contribution in [0.1, 0.15) is 79.0 Å². The van der Waals surface area contributed by atoms with Gasteiger partial charge in [0, 0.05) is 54.3 Å². The van der Waals surface area contributed by atoms with E-state index in [4.69, 9.17) is 0 Å². The van der Waals surface area contributed by atoms with Gasteiger partial charge in [0.2, 0.25) is 0 Å². The molecule has 8 aromatic carbocycles. The first-order valence-corrected chi connectivity index (χ1v) is 23.7. The lowest BCUT2D eigenvalue weighted by molar-refractivity contribution is 0.590. The van der Waals surface area contributed by atoms with E-state index in [0.717, 1.165) is 11.4 Å². The van der Waals surface area contributed by atoms with Crippen molar-refractivity contribution >= 4 is 88.7 Å². The maximum absolute atomic E-state index is 2.57. The second kappa shape index (κ2) is 14.6. The van der Waals surface area contributed by atoms with Gasteiger partial charge in [-0.1, -0.05) is 178 Å². The zero-order valence-corrected chi connectivity index (χ0v) is 39.4. The normalized spacial score (nSPS) is 13.6. The van der Waals surface area contributed by atoms with Crippen molar-refractivity contribution < 1.29 is 0 Å². The van der Waals surface area contributed by atoms with E-state index < -0.39 is 0 Å². The molecule has 0 unspecified atom stereocenters. The molecular weight excluding hydrogens is 792 g/mol. The molecule has 0 saturated carbocycles. The number of benzene rings is 8. The Morgan fingerprint density at radius 3 is 1.42 bits per heavy atom. The highest BCUT2D eigenvalue weighted by molar-refractivity contribution is 7.26. The SMILES string of the molecule is CC(C)(C)c1ccc2c(c1)B1c3cc(C(C)(C)C)ccc3N(c3ccc(-c4cccc5c4sc4ccccc45)cc3)c3cc(C(C)(C)C)cc(c31)N2c1ccc(-c2ccccc2)cc1. The lowest BCUT2D eigenvalue weighted by Crippen LogP contribution is -2.61. The number of nitrogens with zero attached hydrogens (tertiary/aromatic N) is 2. The highest BCUT2D eigenvalue weighted by Crippen LogP contribution is 2.48. The highest BCUT2D eigenvalue weighted by atomic mass is 32.1. The standard InChI is InChI=1S/C60H55BN2S/c1-58(2,3)41-26-32-51-49(34-41)61-50-35-42(59(4,5)6)27-33-52(50)63(45-30-24-40(25-31-45)46-19-15-20-48-47-18-13-14-21-55(47)64-57(46)48)54-37-43(60(7,8)9)36-53(56(54)61)62(51)44-28-22-39(23-29-44)38-16-11-10-12-17-38/h10-37H,1-9H3. The van der Waals surface area contributed by atoms with Crippen LogP contribution in [-0.2, 0) is 16.2 Å². The molecule has 314 valence electrons. The molecule has 0 aliphatic carbocycles. The van der Waals surface area contributed by atoms with E-state index >= 15 is 0 Å². The van der Waals surface area contributed by atoms with E-state index in [1.165, 1.54) is 98.3 Å². The Kier molecular flexibility index (Phi) is 9.21. The van der Waals surface area contributed by atoms with Crippen LogP contribution in [0.2, 0.25) is 0 Å². The zero-order chi connectivity index (χ0) is 44.3. The zero-order valence-electron chi connectivity index (χ0n) is 38.5. The summed E-state index contributed by atoms with van der Waals surface area (Å²) in [6.07, 6.45) is 0. The van der Waals surface area contributed by atoms with Gasteiger partial charge in [0.25, 0.3) is 6.71 Å². The maximum atomic E-state index is 2.57. The lowest BCUT2D eigenvalue weighted by atomic mass is 9.33. The summed E-state index contributed by atoms with van der Waals surface area (Å²) >= 11 is 1.89. The third kappa shape index (κ3) is 6.60. The number of fused-ring (bicyclic) bond motifs is 7. The fourth-order valence-electron chi connectivity index (χ4n) is 10.1. The van der Waals surface area contributed by atoms with E-state index in [9.17, 15) is 0 Å². The molecule has 2 aliphatic rings. The summed E-state index contributed by atoms with van der Waals surface area (Å²) in [4.78, 5) is 5.14. The average Bonchev–Trinajstić information content (AvgIpc) is 3.67. The molecule has 64 heavy (non-hydrogen) atoms. The second-order valence-corrected chi connectivity index (χ2v) is 22.1. The summed E-state index contributed by atoms with van der Waals surface area (Å²) < 4.78 is 2.67. The van der Waals surface area contributed by atoms with Gasteiger partial charge in [-0.25, -0.2) is 0 Å². The van der Waals surface area contributed by atoms with Gasteiger partial charge in [-0.05, 0) is 126 Å². The van der Waals surface area contributed by atoms with Gasteiger partial charge in [0.15, 0.2) is 0 Å². The molecule has 0 spiro atoms. The fraction of sp³-hybridized carbons (Fsp3) is 0.200. The first-order chi connectivity index (χ1) is 30.6. The van der Waals surface area contributed by atoms with Crippen LogP contribution in [-0.4, -0.2) is 6.71 Å². The first kappa shape index (κ1) is 40.4. The summed E-state index contributed by atoms with van der Waals surface area (Å²) in [7, 11) is 0. The quantitative estimate of drug-likeness (QED) is 0.163. The summed E-state index contributed by atoms with van der Waals surface area (Å²) in [5.74, 6) is 0. The number of anilines is 6. The van der Waals surface area contributed by atoms with Crippen molar-refractivity contribution in [3.05, 3.63) is 187 Å². The third-order valence-electron chi connectivity index (χ3n) is 13.7. The topological polar surface area (TPSA) is 6.48 Å². The fourth-order valence-corrected chi connectivity index (χ4v) is 11.4. The molecule has 2 nitrogen and oxygen atoms in total. The van der Waals surface area contributed by atoms with Crippen LogP contribution in [0.15, 0.2) is 170 Å². The summed E-state index contributed by atoms with van der Waals surface area (Å²) in [5.41, 5.74) is 20.2. The molecule has 0 amide bonds. The minimum atomic E-state index is -0.102. The summed E-state index contributed by atoms with van der Waals surface area (Å²) in [6.45, 7) is 21.1. The molecule has 0 radical (unpaired) electrons. The molecule has 2 aliphatic heterocycles. The smallest absolute Gasteiger partial charge is 0.252 e. The minimum Gasteiger partial charge on any atom is -0.311 e. The van der Waals surface area contributed by atoms with Crippen LogP contribution < -0.4 is 26.2 Å². The van der Waals surface area contributed by atoms with Crippen LogP contribution >= 0.6 is 11.3 Å². The Hall–Kier alpha value is -6.36. The van der Waals surface area contributed by atoms with Crippen molar-refractivity contribution in [2.24, 2.45) is 0 Å². The summed E-state index contributed by atoms with van der Waals surface area (Å²) in [5, 5.41) is 2.66. The molecule has 0 atom stereocenters. The Bertz CT molecular complexity index is 3270. The molecule has 11 rings (SSSR count). The van der Waals surface area contributed by atoms with Gasteiger partial charge in [0.1, 0.15) is 0 Å². The van der Waals surface area contributed by atoms with Crippen molar-refractivity contribution in [3.8, 4) is 22.3 Å². The predicted molar refractivity (Wildman–Crippen MR) is 280 cm³/mol. The Labute approximate surface area is 383 Å². The lowest BCUT2D eigenvalue weighted by Gasteiger charge is -2.45. The number of hydrogen-bond acceptors (Lipinski definition) is 3. The largest absolute Gasteiger partial charge is 0.311 e. The third-order valence-corrected chi connectivity index (χ3v) is 15.0. The van der Waals surface area contributed by atoms with Gasteiger partial charge in [-0.15, -0.1) is 11.3 Å². The average molecular weight is 847 g/mol. The highest BCUT2D eigenvalue weighted by Gasteiger charge is 2.45. The molecule has 1 aromatic heterocycles. The van der Waals surface area contributed by atoms with Gasteiger partial charge in [-0.3, -0.25) is 0 Å². The molecule has 0 fully saturated rings. The van der Waals surface area contributed by atoms with Gasteiger partial charge >= 0.3 is 0 Å². The molecule has 0 saturated heterocycles. The molecule has 3 heterocycles. The monoisotopic (exact) mass is 846 g/mol. The van der Waals surface area contributed by atoms with E-state index in [1.807, 2.05) is 11.3 Å². The summed E-state index contributed by atoms with van der Waals surface area (Å²) in [6, 6.07) is 64.5. The van der Waals surface area contributed by atoms with E-state index in [0.29, 0.717) is 0 Å². The van der Waals surface area contributed by atoms with Gasteiger partial charge < -0.3 is 9.80 Å². The van der Waals surface area contributed by atoms with E-state index in [1.54, 1.807) is 0 Å². The van der Waals surface area contributed by atoms with Crippen molar-refractivity contribution in [2.75, 3.05) is 9.80 Å². The van der Waals surface area contributed by atoms with Crippen molar-refractivity contribution in [1.82, 2.24) is 0 Å². The Morgan fingerprint density at radius 2 is 0.875 bits per heavy atom. The maximum Gasteiger partial charge on any atom is 0.252 e. The van der Waals surface area contributed by atoms with Crippen LogP contribution in [0, 0.1) is 0 Å². The van der Waals surface area contributed by atoms with Crippen LogP contribution in [0.25, 0.3) is 42.4 Å². The van der Waals surface area contributed by atoms with Crippen LogP contribution in [0.3, 0.4) is 0 Å². The second-order valence-electron chi connectivity index (χ2n) is 21.1. The molecule has 4 heteroatoms.